The number of aryl methyl sites for hydroxylation is 1. The van der Waals surface area contributed by atoms with E-state index in [9.17, 15) is 14.0 Å². The normalized spacial score (nSPS) is 31.7. The third kappa shape index (κ3) is 3.49. The zero-order valence-corrected chi connectivity index (χ0v) is 15.2. The van der Waals surface area contributed by atoms with Crippen LogP contribution in [0.1, 0.15) is 54.4 Å². The van der Waals surface area contributed by atoms with Gasteiger partial charge in [0, 0.05) is 6.54 Å². The summed E-state index contributed by atoms with van der Waals surface area (Å²) in [5.74, 6) is 1.12. The van der Waals surface area contributed by atoms with Gasteiger partial charge in [-0.25, -0.2) is 9.18 Å². The van der Waals surface area contributed by atoms with Gasteiger partial charge in [-0.1, -0.05) is 6.07 Å². The summed E-state index contributed by atoms with van der Waals surface area (Å²) in [5, 5.41) is 2.98. The Morgan fingerprint density at radius 1 is 1.15 bits per heavy atom. The first kappa shape index (κ1) is 17.5. The molecule has 0 saturated heterocycles. The van der Waals surface area contributed by atoms with Gasteiger partial charge in [0.05, 0.1) is 5.56 Å². The van der Waals surface area contributed by atoms with Crippen molar-refractivity contribution in [3.8, 4) is 0 Å². The van der Waals surface area contributed by atoms with Gasteiger partial charge in [0.2, 0.25) is 0 Å². The minimum absolute atomic E-state index is 0.127. The lowest BCUT2D eigenvalue weighted by Crippen LogP contribution is -2.51. The molecule has 0 aromatic heterocycles. The first-order valence-corrected chi connectivity index (χ1v) is 9.62. The summed E-state index contributed by atoms with van der Waals surface area (Å²) in [6.45, 7) is 2.00. The van der Waals surface area contributed by atoms with Crippen LogP contribution in [0.4, 0.5) is 4.39 Å². The number of carbonyl (C=O) groups is 2. The summed E-state index contributed by atoms with van der Waals surface area (Å²) in [6.07, 6.45) is 7.79. The molecule has 0 spiro atoms. The molecule has 4 nitrogen and oxygen atoms in total. The Labute approximate surface area is 153 Å². The van der Waals surface area contributed by atoms with Gasteiger partial charge in [0.25, 0.3) is 5.91 Å². The Morgan fingerprint density at radius 3 is 2.35 bits per heavy atom. The Balaban J connectivity index is 1.27. The summed E-state index contributed by atoms with van der Waals surface area (Å²) < 4.78 is 18.6. The molecule has 5 heteroatoms. The maximum atomic E-state index is 13.5. The number of esters is 1. The fourth-order valence-corrected chi connectivity index (χ4v) is 5.78. The summed E-state index contributed by atoms with van der Waals surface area (Å²) in [6, 6.07) is 4.18. The number of nitrogens with one attached hydrogen (secondary N) is 1. The van der Waals surface area contributed by atoms with Gasteiger partial charge in [0.15, 0.2) is 6.61 Å². The maximum absolute atomic E-state index is 13.5. The molecule has 4 saturated carbocycles. The van der Waals surface area contributed by atoms with E-state index in [-0.39, 0.29) is 23.5 Å². The van der Waals surface area contributed by atoms with Crippen LogP contribution in [0.2, 0.25) is 0 Å². The number of carbonyl (C=O) groups excluding carboxylic acids is 2. The second kappa shape index (κ2) is 6.67. The molecule has 4 fully saturated rings. The smallest absolute Gasteiger partial charge is 0.338 e. The Kier molecular flexibility index (Phi) is 4.49. The van der Waals surface area contributed by atoms with Crippen molar-refractivity contribution in [2.24, 2.45) is 23.2 Å². The topological polar surface area (TPSA) is 55.4 Å². The van der Waals surface area contributed by atoms with Crippen molar-refractivity contribution in [2.75, 3.05) is 13.2 Å². The van der Waals surface area contributed by atoms with E-state index in [1.165, 1.54) is 50.7 Å². The molecule has 4 bridgehead atoms. The second-order valence-corrected chi connectivity index (χ2v) is 8.73. The van der Waals surface area contributed by atoms with E-state index in [2.05, 4.69) is 5.32 Å². The van der Waals surface area contributed by atoms with E-state index < -0.39 is 11.8 Å². The lowest BCUT2D eigenvalue weighted by atomic mass is 9.49. The molecular weight excluding hydrogens is 333 g/mol. The molecule has 1 N–H and O–H groups in total. The number of amides is 1. The van der Waals surface area contributed by atoms with Gasteiger partial charge < -0.3 is 10.1 Å². The van der Waals surface area contributed by atoms with E-state index in [4.69, 9.17) is 4.74 Å². The predicted octanol–water partition coefficient (Wildman–Crippen LogP) is 3.62. The van der Waals surface area contributed by atoms with E-state index in [1.54, 1.807) is 6.92 Å². The molecule has 1 aromatic carbocycles. The summed E-state index contributed by atoms with van der Waals surface area (Å²) in [5.41, 5.74) is 0.853. The Bertz CT molecular complexity index is 695. The molecule has 4 aliphatic carbocycles. The van der Waals surface area contributed by atoms with Crippen molar-refractivity contribution in [1.82, 2.24) is 5.32 Å². The average Bonchev–Trinajstić information content (AvgIpc) is 2.59. The molecule has 26 heavy (non-hydrogen) atoms. The maximum Gasteiger partial charge on any atom is 0.338 e. The van der Waals surface area contributed by atoms with Gasteiger partial charge in [-0.15, -0.1) is 0 Å². The number of hydrogen-bond acceptors (Lipinski definition) is 3. The van der Waals surface area contributed by atoms with Gasteiger partial charge in [-0.2, -0.15) is 0 Å². The third-order valence-corrected chi connectivity index (χ3v) is 6.57. The molecule has 140 valence electrons. The third-order valence-electron chi connectivity index (χ3n) is 6.57. The highest BCUT2D eigenvalue weighted by molar-refractivity contribution is 5.91. The number of hydrogen-bond donors (Lipinski definition) is 1. The molecule has 0 atom stereocenters. The first-order valence-electron chi connectivity index (χ1n) is 9.62. The number of halogens is 1. The molecular formula is C21H26FNO3. The van der Waals surface area contributed by atoms with E-state index in [0.717, 1.165) is 23.8 Å². The van der Waals surface area contributed by atoms with Crippen LogP contribution in [-0.4, -0.2) is 25.0 Å². The highest BCUT2D eigenvalue weighted by atomic mass is 19.1. The van der Waals surface area contributed by atoms with Crippen molar-refractivity contribution in [2.45, 2.75) is 45.4 Å². The second-order valence-electron chi connectivity index (χ2n) is 8.73. The monoisotopic (exact) mass is 359 g/mol. The SMILES string of the molecule is Cc1ccc(C(=O)OCC(=O)NCC23CC4CC(CC(C4)C2)C3)cc1F. The molecule has 0 aliphatic heterocycles. The number of rotatable bonds is 5. The van der Waals surface area contributed by atoms with E-state index in [0.29, 0.717) is 12.1 Å². The van der Waals surface area contributed by atoms with Crippen LogP contribution in [0.25, 0.3) is 0 Å². The quantitative estimate of drug-likeness (QED) is 0.817. The molecule has 1 aromatic rings. The van der Waals surface area contributed by atoms with E-state index >= 15 is 0 Å². The summed E-state index contributed by atoms with van der Waals surface area (Å²) >= 11 is 0. The number of ether oxygens (including phenoxy) is 1. The summed E-state index contributed by atoms with van der Waals surface area (Å²) in [7, 11) is 0. The van der Waals surface area contributed by atoms with E-state index in [1.807, 2.05) is 0 Å². The zero-order valence-electron chi connectivity index (χ0n) is 15.2. The minimum atomic E-state index is -0.672. The molecule has 4 aliphatic rings. The molecule has 0 radical (unpaired) electrons. The van der Waals surface area contributed by atoms with Crippen LogP contribution in [0.5, 0.6) is 0 Å². The standard InChI is InChI=1S/C21H26FNO3/c1-13-2-3-17(7-18(13)22)20(25)26-11-19(24)23-12-21-8-14-4-15(9-21)6-16(5-14)10-21/h2-3,7,14-16H,4-6,8-12H2,1H3,(H,23,24). The molecule has 1 amide bonds. The zero-order chi connectivity index (χ0) is 18.3. The lowest BCUT2D eigenvalue weighted by molar-refractivity contribution is -0.126. The average molecular weight is 359 g/mol. The highest BCUT2D eigenvalue weighted by Gasteiger charge is 2.50. The highest BCUT2D eigenvalue weighted by Crippen LogP contribution is 2.59. The van der Waals surface area contributed by atoms with Crippen molar-refractivity contribution in [3.05, 3.63) is 35.1 Å². The van der Waals surface area contributed by atoms with Gasteiger partial charge in [0.1, 0.15) is 5.82 Å². The van der Waals surface area contributed by atoms with Crippen molar-refractivity contribution in [3.63, 3.8) is 0 Å². The van der Waals surface area contributed by atoms with Crippen LogP contribution in [0.3, 0.4) is 0 Å². The number of benzene rings is 1. The van der Waals surface area contributed by atoms with Crippen LogP contribution in [0, 0.1) is 35.9 Å². The van der Waals surface area contributed by atoms with Crippen LogP contribution < -0.4 is 5.32 Å². The summed E-state index contributed by atoms with van der Waals surface area (Å²) in [4.78, 5) is 24.1. The molecule has 5 rings (SSSR count). The van der Waals surface area contributed by atoms with Gasteiger partial charge in [-0.3, -0.25) is 4.79 Å². The predicted molar refractivity (Wildman–Crippen MR) is 95.0 cm³/mol. The van der Waals surface area contributed by atoms with Crippen LogP contribution in [0.15, 0.2) is 18.2 Å². The Hall–Kier alpha value is -1.91. The largest absolute Gasteiger partial charge is 0.452 e. The fourth-order valence-electron chi connectivity index (χ4n) is 5.78. The van der Waals surface area contributed by atoms with Crippen molar-refractivity contribution < 1.29 is 18.7 Å². The first-order chi connectivity index (χ1) is 12.4. The molecule has 0 unspecified atom stereocenters. The fraction of sp³-hybridized carbons (Fsp3) is 0.619. The lowest BCUT2D eigenvalue weighted by Gasteiger charge is -2.56. The Morgan fingerprint density at radius 2 is 1.77 bits per heavy atom. The molecule has 0 heterocycles. The van der Waals surface area contributed by atoms with Gasteiger partial charge in [-0.05, 0) is 86.3 Å². The van der Waals surface area contributed by atoms with Crippen LogP contribution >= 0.6 is 0 Å². The van der Waals surface area contributed by atoms with Crippen LogP contribution in [-0.2, 0) is 9.53 Å². The minimum Gasteiger partial charge on any atom is -0.452 e. The van der Waals surface area contributed by atoms with Crippen molar-refractivity contribution in [1.29, 1.82) is 0 Å². The van der Waals surface area contributed by atoms with Gasteiger partial charge >= 0.3 is 5.97 Å². The van der Waals surface area contributed by atoms with Crippen molar-refractivity contribution >= 4 is 11.9 Å².